The van der Waals surface area contributed by atoms with Crippen molar-refractivity contribution < 1.29 is 19.1 Å². The Bertz CT molecular complexity index is 857. The van der Waals surface area contributed by atoms with Gasteiger partial charge in [-0.15, -0.1) is 11.3 Å². The van der Waals surface area contributed by atoms with E-state index in [9.17, 15) is 9.59 Å². The number of rotatable bonds is 4. The highest BCUT2D eigenvalue weighted by atomic mass is 32.1. The van der Waals surface area contributed by atoms with Crippen LogP contribution < -0.4 is 20.5 Å². The largest absolute Gasteiger partial charge is 0.493 e. The van der Waals surface area contributed by atoms with E-state index in [2.05, 4.69) is 5.32 Å². The number of hydrogen-bond donors (Lipinski definition) is 2. The minimum atomic E-state index is -0.536. The fourth-order valence-electron chi connectivity index (χ4n) is 3.29. The maximum Gasteiger partial charge on any atom is 0.252 e. The van der Waals surface area contributed by atoms with E-state index in [0.717, 1.165) is 34.4 Å². The maximum absolute atomic E-state index is 12.1. The van der Waals surface area contributed by atoms with Crippen molar-refractivity contribution in [1.29, 1.82) is 0 Å². The zero-order chi connectivity index (χ0) is 18.1. The van der Waals surface area contributed by atoms with Gasteiger partial charge < -0.3 is 20.5 Å². The van der Waals surface area contributed by atoms with Crippen molar-refractivity contribution in [3.05, 3.63) is 28.8 Å². The predicted octanol–water partition coefficient (Wildman–Crippen LogP) is 2.98. The van der Waals surface area contributed by atoms with Gasteiger partial charge in [-0.2, -0.15) is 0 Å². The van der Waals surface area contributed by atoms with E-state index < -0.39 is 5.91 Å². The Morgan fingerprint density at radius 2 is 1.96 bits per heavy atom. The molecular formula is C18H20N2O4S. The molecule has 2 amide bonds. The highest BCUT2D eigenvalue weighted by Crippen LogP contribution is 2.50. The molecule has 0 bridgehead atoms. The quantitative estimate of drug-likeness (QED) is 0.877. The zero-order valence-corrected chi connectivity index (χ0v) is 15.2. The number of amides is 2. The number of nitrogens with two attached hydrogens (primary N) is 1. The molecule has 0 saturated heterocycles. The lowest BCUT2D eigenvalue weighted by Gasteiger charge is -2.15. The van der Waals surface area contributed by atoms with E-state index in [4.69, 9.17) is 15.2 Å². The summed E-state index contributed by atoms with van der Waals surface area (Å²) in [4.78, 5) is 24.5. The standard InChI is InChI=1S/C18H20N2O4S/c1-9(21)20-18-14(17(19)22)11-6-4-5-10-7-8-12(23-2)15(24-3)13(10)16(11)25-18/h7-8H,4-6H2,1-3H3,(H2,19,22)(H,20,21). The first kappa shape index (κ1) is 17.3. The number of hydrogen-bond acceptors (Lipinski definition) is 5. The first-order chi connectivity index (χ1) is 12.0. The molecule has 0 atom stereocenters. The normalized spacial score (nSPS) is 12.6. The molecule has 1 aliphatic carbocycles. The molecule has 1 aromatic carbocycles. The molecule has 0 unspecified atom stereocenters. The molecule has 2 aromatic rings. The number of primary amides is 1. The Balaban J connectivity index is 2.32. The van der Waals surface area contributed by atoms with Gasteiger partial charge in [0.1, 0.15) is 5.00 Å². The van der Waals surface area contributed by atoms with Gasteiger partial charge >= 0.3 is 0 Å². The molecule has 1 heterocycles. The molecule has 0 aliphatic heterocycles. The number of ether oxygens (including phenoxy) is 2. The van der Waals surface area contributed by atoms with Crippen molar-refractivity contribution in [2.45, 2.75) is 26.2 Å². The summed E-state index contributed by atoms with van der Waals surface area (Å²) >= 11 is 1.36. The summed E-state index contributed by atoms with van der Waals surface area (Å²) in [7, 11) is 3.19. The second kappa shape index (κ2) is 6.76. The van der Waals surface area contributed by atoms with E-state index in [0.29, 0.717) is 28.5 Å². The molecule has 0 saturated carbocycles. The van der Waals surface area contributed by atoms with Crippen LogP contribution in [0.1, 0.15) is 34.8 Å². The highest BCUT2D eigenvalue weighted by Gasteiger charge is 2.29. The van der Waals surface area contributed by atoms with Gasteiger partial charge in [-0.3, -0.25) is 9.59 Å². The van der Waals surface area contributed by atoms with Crippen molar-refractivity contribution in [3.8, 4) is 21.9 Å². The molecule has 0 radical (unpaired) electrons. The average Bonchev–Trinajstić information content (AvgIpc) is 2.81. The molecule has 6 nitrogen and oxygen atoms in total. The van der Waals surface area contributed by atoms with Crippen LogP contribution in [-0.4, -0.2) is 26.0 Å². The Labute approximate surface area is 149 Å². The van der Waals surface area contributed by atoms with Crippen LogP contribution in [-0.2, 0) is 17.6 Å². The van der Waals surface area contributed by atoms with Crippen molar-refractivity contribution in [1.82, 2.24) is 0 Å². The number of anilines is 1. The third-order valence-corrected chi connectivity index (χ3v) is 5.44. The topological polar surface area (TPSA) is 90.7 Å². The van der Waals surface area contributed by atoms with Gasteiger partial charge in [0.25, 0.3) is 5.91 Å². The average molecular weight is 360 g/mol. The van der Waals surface area contributed by atoms with E-state index in [1.807, 2.05) is 12.1 Å². The predicted molar refractivity (Wildman–Crippen MR) is 97.7 cm³/mol. The van der Waals surface area contributed by atoms with Gasteiger partial charge in [-0.25, -0.2) is 0 Å². The van der Waals surface area contributed by atoms with Crippen LogP contribution in [0.5, 0.6) is 11.5 Å². The molecule has 25 heavy (non-hydrogen) atoms. The SMILES string of the molecule is COc1ccc2c(c1OC)-c1sc(NC(C)=O)c(C(N)=O)c1CCC2. The third kappa shape index (κ3) is 2.95. The van der Waals surface area contributed by atoms with E-state index in [1.54, 1.807) is 14.2 Å². The fraction of sp³-hybridized carbons (Fsp3) is 0.333. The maximum atomic E-state index is 12.1. The molecule has 1 aromatic heterocycles. The minimum absolute atomic E-state index is 0.239. The van der Waals surface area contributed by atoms with Gasteiger partial charge in [0.2, 0.25) is 5.91 Å². The molecule has 1 aliphatic rings. The summed E-state index contributed by atoms with van der Waals surface area (Å²) in [5.74, 6) is 0.488. The van der Waals surface area contributed by atoms with Crippen LogP contribution in [0.2, 0.25) is 0 Å². The summed E-state index contributed by atoms with van der Waals surface area (Å²) in [6, 6.07) is 3.91. The molecule has 7 heteroatoms. The second-order valence-electron chi connectivity index (χ2n) is 5.85. The number of carbonyl (C=O) groups is 2. The number of aryl methyl sites for hydroxylation is 1. The van der Waals surface area contributed by atoms with Gasteiger partial charge in [0.15, 0.2) is 11.5 Å². The minimum Gasteiger partial charge on any atom is -0.493 e. The third-order valence-electron chi connectivity index (χ3n) is 4.27. The Morgan fingerprint density at radius 1 is 1.20 bits per heavy atom. The Morgan fingerprint density at radius 3 is 2.56 bits per heavy atom. The Kier molecular flexibility index (Phi) is 4.67. The second-order valence-corrected chi connectivity index (χ2v) is 6.87. The van der Waals surface area contributed by atoms with Gasteiger partial charge in [-0.05, 0) is 36.5 Å². The summed E-state index contributed by atoms with van der Waals surface area (Å²) in [5.41, 5.74) is 8.92. The lowest BCUT2D eigenvalue weighted by molar-refractivity contribution is -0.114. The first-order valence-corrected chi connectivity index (χ1v) is 8.76. The molecule has 132 valence electrons. The molecule has 3 N–H and O–H groups in total. The van der Waals surface area contributed by atoms with Crippen LogP contribution in [0, 0.1) is 0 Å². The van der Waals surface area contributed by atoms with Crippen molar-refractivity contribution in [3.63, 3.8) is 0 Å². The molecule has 3 rings (SSSR count). The molecule has 0 fully saturated rings. The monoisotopic (exact) mass is 360 g/mol. The number of benzene rings is 1. The number of carbonyl (C=O) groups excluding carboxylic acids is 2. The van der Waals surface area contributed by atoms with Crippen LogP contribution in [0.3, 0.4) is 0 Å². The van der Waals surface area contributed by atoms with Crippen LogP contribution in [0.15, 0.2) is 12.1 Å². The van der Waals surface area contributed by atoms with Crippen molar-refractivity contribution in [2.75, 3.05) is 19.5 Å². The number of fused-ring (bicyclic) bond motifs is 3. The van der Waals surface area contributed by atoms with Crippen LogP contribution in [0.25, 0.3) is 10.4 Å². The van der Waals surface area contributed by atoms with E-state index >= 15 is 0 Å². The first-order valence-electron chi connectivity index (χ1n) is 7.95. The summed E-state index contributed by atoms with van der Waals surface area (Å²) in [6.45, 7) is 1.41. The number of methoxy groups -OCH3 is 2. The highest BCUT2D eigenvalue weighted by molar-refractivity contribution is 7.20. The zero-order valence-electron chi connectivity index (χ0n) is 14.4. The fourth-order valence-corrected chi connectivity index (χ4v) is 4.67. The summed E-state index contributed by atoms with van der Waals surface area (Å²) in [5, 5.41) is 3.22. The lowest BCUT2D eigenvalue weighted by Crippen LogP contribution is -2.16. The van der Waals surface area contributed by atoms with Crippen molar-refractivity contribution in [2.24, 2.45) is 5.73 Å². The Hall–Kier alpha value is -2.54. The van der Waals surface area contributed by atoms with Gasteiger partial charge in [0, 0.05) is 17.4 Å². The number of nitrogens with one attached hydrogen (secondary N) is 1. The molecule has 0 spiro atoms. The molecular weight excluding hydrogens is 340 g/mol. The van der Waals surface area contributed by atoms with Crippen molar-refractivity contribution >= 4 is 28.2 Å². The summed E-state index contributed by atoms with van der Waals surface area (Å²) in [6.07, 6.45) is 2.46. The van der Waals surface area contributed by atoms with Gasteiger partial charge in [0.05, 0.1) is 19.8 Å². The van der Waals surface area contributed by atoms with Crippen LogP contribution in [0.4, 0.5) is 5.00 Å². The lowest BCUT2D eigenvalue weighted by atomic mass is 10.0. The number of thiophene rings is 1. The summed E-state index contributed by atoms with van der Waals surface area (Å²) < 4.78 is 11.0. The van der Waals surface area contributed by atoms with E-state index in [-0.39, 0.29) is 5.91 Å². The smallest absolute Gasteiger partial charge is 0.252 e. The van der Waals surface area contributed by atoms with Gasteiger partial charge in [-0.1, -0.05) is 6.07 Å². The van der Waals surface area contributed by atoms with E-state index in [1.165, 1.54) is 18.3 Å². The van der Waals surface area contributed by atoms with Crippen LogP contribution >= 0.6 is 11.3 Å².